The summed E-state index contributed by atoms with van der Waals surface area (Å²) in [5.74, 6) is 0.659. The van der Waals surface area contributed by atoms with E-state index >= 15 is 0 Å². The predicted octanol–water partition coefficient (Wildman–Crippen LogP) is -0.210. The maximum atomic E-state index is 11.3. The zero-order valence-corrected chi connectivity index (χ0v) is 9.29. The average molecular weight is 199 g/mol. The normalized spacial score (nSPS) is 26.4. The van der Waals surface area contributed by atoms with Crippen LogP contribution < -0.4 is 11.1 Å². The van der Waals surface area contributed by atoms with E-state index in [0.717, 1.165) is 6.54 Å². The van der Waals surface area contributed by atoms with Crippen molar-refractivity contribution in [2.45, 2.75) is 32.9 Å². The predicted molar refractivity (Wildman–Crippen MR) is 56.9 cm³/mol. The van der Waals surface area contributed by atoms with E-state index in [4.69, 9.17) is 5.73 Å². The Bertz CT molecular complexity index is 206. The van der Waals surface area contributed by atoms with Crippen molar-refractivity contribution >= 4 is 5.91 Å². The molecule has 0 spiro atoms. The van der Waals surface area contributed by atoms with Crippen LogP contribution in [-0.2, 0) is 4.79 Å². The maximum Gasteiger partial charge on any atom is 0.234 e. The molecule has 3 N–H and O–H groups in total. The minimum absolute atomic E-state index is 0.113. The smallest absolute Gasteiger partial charge is 0.234 e. The Morgan fingerprint density at radius 3 is 2.71 bits per heavy atom. The molecular formula is C10H21N3O. The van der Waals surface area contributed by atoms with Crippen molar-refractivity contribution in [3.05, 3.63) is 0 Å². The molecule has 0 aromatic carbocycles. The van der Waals surface area contributed by atoms with Crippen LogP contribution in [0, 0.1) is 5.92 Å². The molecule has 2 atom stereocenters. The van der Waals surface area contributed by atoms with Crippen molar-refractivity contribution in [2.24, 2.45) is 11.7 Å². The van der Waals surface area contributed by atoms with Gasteiger partial charge in [-0.1, -0.05) is 13.8 Å². The van der Waals surface area contributed by atoms with Crippen molar-refractivity contribution < 1.29 is 4.79 Å². The van der Waals surface area contributed by atoms with Crippen LogP contribution in [0.5, 0.6) is 0 Å². The summed E-state index contributed by atoms with van der Waals surface area (Å²) in [4.78, 5) is 13.5. The highest BCUT2D eigenvalue weighted by atomic mass is 16.2. The fourth-order valence-corrected chi connectivity index (χ4v) is 1.91. The first-order chi connectivity index (χ1) is 6.56. The summed E-state index contributed by atoms with van der Waals surface area (Å²) in [6, 6.07) is 0.708. The number of nitrogens with one attached hydrogen (secondary N) is 1. The highest BCUT2D eigenvalue weighted by Gasteiger charge is 2.31. The zero-order chi connectivity index (χ0) is 10.7. The zero-order valence-electron chi connectivity index (χ0n) is 9.29. The van der Waals surface area contributed by atoms with Gasteiger partial charge in [-0.05, 0) is 12.8 Å². The third-order valence-corrected chi connectivity index (χ3v) is 2.94. The lowest BCUT2D eigenvalue weighted by Gasteiger charge is -2.41. The summed E-state index contributed by atoms with van der Waals surface area (Å²) in [5, 5.41) is 2.90. The average Bonchev–Trinajstić information content (AvgIpc) is 2.16. The van der Waals surface area contributed by atoms with Crippen LogP contribution in [0.2, 0.25) is 0 Å². The highest BCUT2D eigenvalue weighted by molar-refractivity contribution is 5.78. The van der Waals surface area contributed by atoms with E-state index < -0.39 is 0 Å². The molecule has 0 bridgehead atoms. The molecule has 1 fully saturated rings. The van der Waals surface area contributed by atoms with Crippen LogP contribution in [0.15, 0.2) is 0 Å². The van der Waals surface area contributed by atoms with Gasteiger partial charge in [0.05, 0.1) is 6.54 Å². The Labute approximate surface area is 85.8 Å². The van der Waals surface area contributed by atoms with E-state index in [0.29, 0.717) is 25.0 Å². The SMILES string of the molecule is CC(C)C1CNC(=O)CN1C(C)CN. The summed E-state index contributed by atoms with van der Waals surface area (Å²) in [5.41, 5.74) is 5.64. The van der Waals surface area contributed by atoms with Crippen LogP contribution >= 0.6 is 0 Å². The Kier molecular flexibility index (Phi) is 3.89. The molecule has 14 heavy (non-hydrogen) atoms. The lowest BCUT2D eigenvalue weighted by atomic mass is 9.98. The molecule has 1 heterocycles. The number of piperazine rings is 1. The summed E-state index contributed by atoms with van der Waals surface area (Å²) >= 11 is 0. The van der Waals surface area contributed by atoms with Crippen molar-refractivity contribution in [3.63, 3.8) is 0 Å². The van der Waals surface area contributed by atoms with Gasteiger partial charge in [0, 0.05) is 25.2 Å². The Morgan fingerprint density at radius 2 is 2.21 bits per heavy atom. The number of hydrogen-bond donors (Lipinski definition) is 2. The molecule has 4 nitrogen and oxygen atoms in total. The van der Waals surface area contributed by atoms with Gasteiger partial charge in [-0.3, -0.25) is 9.69 Å². The summed E-state index contributed by atoms with van der Waals surface area (Å²) < 4.78 is 0. The van der Waals surface area contributed by atoms with E-state index in [1.54, 1.807) is 0 Å². The number of carbonyl (C=O) groups is 1. The van der Waals surface area contributed by atoms with Crippen LogP contribution in [0.1, 0.15) is 20.8 Å². The topological polar surface area (TPSA) is 58.4 Å². The van der Waals surface area contributed by atoms with Crippen molar-refractivity contribution in [3.8, 4) is 0 Å². The number of hydrogen-bond acceptors (Lipinski definition) is 3. The second-order valence-electron chi connectivity index (χ2n) is 4.37. The molecule has 82 valence electrons. The van der Waals surface area contributed by atoms with E-state index in [9.17, 15) is 4.79 Å². The first kappa shape index (κ1) is 11.5. The largest absolute Gasteiger partial charge is 0.353 e. The van der Waals surface area contributed by atoms with Gasteiger partial charge in [-0.2, -0.15) is 0 Å². The molecule has 0 saturated carbocycles. The molecule has 0 aromatic rings. The molecule has 1 aliphatic heterocycles. The highest BCUT2D eigenvalue weighted by Crippen LogP contribution is 2.15. The third-order valence-electron chi connectivity index (χ3n) is 2.94. The summed E-state index contributed by atoms with van der Waals surface area (Å²) in [7, 11) is 0. The third kappa shape index (κ3) is 2.45. The standard InChI is InChI=1S/C10H21N3O/c1-7(2)9-5-12-10(14)6-13(9)8(3)4-11/h7-9H,4-6,11H2,1-3H3,(H,12,14). The van der Waals surface area contributed by atoms with Crippen LogP contribution in [0.25, 0.3) is 0 Å². The first-order valence-electron chi connectivity index (χ1n) is 5.28. The van der Waals surface area contributed by atoms with Gasteiger partial charge in [0.1, 0.15) is 0 Å². The van der Waals surface area contributed by atoms with Crippen LogP contribution in [0.3, 0.4) is 0 Å². The lowest BCUT2D eigenvalue weighted by molar-refractivity contribution is -0.127. The Balaban J connectivity index is 2.68. The van der Waals surface area contributed by atoms with Crippen LogP contribution in [-0.4, -0.2) is 42.5 Å². The second-order valence-corrected chi connectivity index (χ2v) is 4.37. The number of carbonyl (C=O) groups excluding carboxylic acids is 1. The molecule has 1 aliphatic rings. The fraction of sp³-hybridized carbons (Fsp3) is 0.900. The molecule has 0 radical (unpaired) electrons. The number of nitrogens with two attached hydrogens (primary N) is 1. The summed E-state index contributed by atoms with van der Waals surface area (Å²) in [6.45, 7) is 8.28. The molecule has 0 aromatic heterocycles. The quantitative estimate of drug-likeness (QED) is 0.661. The molecule has 0 aliphatic carbocycles. The lowest BCUT2D eigenvalue weighted by Crippen LogP contribution is -2.60. The number of nitrogens with zero attached hydrogens (tertiary/aromatic N) is 1. The van der Waals surface area contributed by atoms with E-state index in [1.165, 1.54) is 0 Å². The van der Waals surface area contributed by atoms with Gasteiger partial charge < -0.3 is 11.1 Å². The molecule has 4 heteroatoms. The van der Waals surface area contributed by atoms with E-state index in [2.05, 4.69) is 31.0 Å². The maximum absolute atomic E-state index is 11.3. The monoisotopic (exact) mass is 199 g/mol. The van der Waals surface area contributed by atoms with Gasteiger partial charge in [0.25, 0.3) is 0 Å². The second kappa shape index (κ2) is 4.75. The van der Waals surface area contributed by atoms with E-state index in [1.807, 2.05) is 0 Å². The van der Waals surface area contributed by atoms with Crippen molar-refractivity contribution in [1.82, 2.24) is 10.2 Å². The molecule has 1 rings (SSSR count). The summed E-state index contributed by atoms with van der Waals surface area (Å²) in [6.07, 6.45) is 0. The van der Waals surface area contributed by atoms with Gasteiger partial charge in [-0.15, -0.1) is 0 Å². The minimum atomic E-state index is 0.113. The fourth-order valence-electron chi connectivity index (χ4n) is 1.91. The number of rotatable bonds is 3. The van der Waals surface area contributed by atoms with E-state index in [-0.39, 0.29) is 11.9 Å². The Morgan fingerprint density at radius 1 is 1.57 bits per heavy atom. The van der Waals surface area contributed by atoms with Gasteiger partial charge >= 0.3 is 0 Å². The molecule has 1 saturated heterocycles. The van der Waals surface area contributed by atoms with Gasteiger partial charge in [0.15, 0.2) is 0 Å². The van der Waals surface area contributed by atoms with Crippen molar-refractivity contribution in [1.29, 1.82) is 0 Å². The minimum Gasteiger partial charge on any atom is -0.353 e. The van der Waals surface area contributed by atoms with Gasteiger partial charge in [-0.25, -0.2) is 0 Å². The van der Waals surface area contributed by atoms with Crippen molar-refractivity contribution in [2.75, 3.05) is 19.6 Å². The molecule has 2 unspecified atom stereocenters. The first-order valence-corrected chi connectivity index (χ1v) is 5.28. The molecule has 1 amide bonds. The Hall–Kier alpha value is -0.610. The number of amides is 1. The van der Waals surface area contributed by atoms with Crippen LogP contribution in [0.4, 0.5) is 0 Å². The molecular weight excluding hydrogens is 178 g/mol. The van der Waals surface area contributed by atoms with Gasteiger partial charge in [0.2, 0.25) is 5.91 Å².